The summed E-state index contributed by atoms with van der Waals surface area (Å²) in [6.45, 7) is 8.50. The number of Topliss-reactive ketones (excluding diaryl/α,β-unsaturated/α-hetero) is 2. The van der Waals surface area contributed by atoms with Gasteiger partial charge in [-0.2, -0.15) is 13.2 Å². The van der Waals surface area contributed by atoms with E-state index in [0.717, 1.165) is 25.0 Å². The highest BCUT2D eigenvalue weighted by atomic mass is 19.4. The predicted octanol–water partition coefficient (Wildman–Crippen LogP) is 5.12. The normalized spacial score (nSPS) is 11.9. The molecule has 0 fully saturated rings. The van der Waals surface area contributed by atoms with Crippen molar-refractivity contribution in [1.29, 1.82) is 0 Å². The average Bonchev–Trinajstić information content (AvgIpc) is 2.57. The van der Waals surface area contributed by atoms with Gasteiger partial charge in [-0.15, -0.1) is 0 Å². The molecule has 0 saturated carbocycles. The Hall–Kier alpha value is -2.18. The van der Waals surface area contributed by atoms with Gasteiger partial charge in [0.1, 0.15) is 5.82 Å². The molecule has 7 heteroatoms. The predicted molar refractivity (Wildman–Crippen MR) is 97.1 cm³/mol. The van der Waals surface area contributed by atoms with Gasteiger partial charge in [-0.25, -0.2) is 4.98 Å². The molecule has 0 atom stereocenters. The summed E-state index contributed by atoms with van der Waals surface area (Å²) in [5.74, 6) is 0.323. The molecule has 1 aromatic heterocycles. The average molecular weight is 372 g/mol. The van der Waals surface area contributed by atoms with Crippen LogP contribution in [-0.2, 0) is 15.8 Å². The fourth-order valence-corrected chi connectivity index (χ4v) is 1.96. The number of unbranched alkanes of at least 4 members (excludes halogenated alkanes) is 1. The summed E-state index contributed by atoms with van der Waals surface area (Å²) in [6.07, 6.45) is -1.83. The van der Waals surface area contributed by atoms with Gasteiger partial charge in [0.15, 0.2) is 11.6 Å². The van der Waals surface area contributed by atoms with Crippen LogP contribution in [-0.4, -0.2) is 23.6 Å². The molecular formula is C19H27F3N2O2. The number of hydrogen-bond acceptors (Lipinski definition) is 4. The van der Waals surface area contributed by atoms with Crippen LogP contribution in [0.1, 0.15) is 58.2 Å². The van der Waals surface area contributed by atoms with Crippen molar-refractivity contribution in [3.8, 4) is 0 Å². The van der Waals surface area contributed by atoms with Crippen LogP contribution in [0.25, 0.3) is 0 Å². The number of aryl methyl sites for hydroxylation is 1. The summed E-state index contributed by atoms with van der Waals surface area (Å²) in [6, 6.07) is 1.99. The highest BCUT2D eigenvalue weighted by molar-refractivity contribution is 6.04. The largest absolute Gasteiger partial charge is 0.416 e. The van der Waals surface area contributed by atoms with Gasteiger partial charge in [0.2, 0.25) is 0 Å². The zero-order valence-electron chi connectivity index (χ0n) is 16.2. The van der Waals surface area contributed by atoms with Gasteiger partial charge in [0.25, 0.3) is 0 Å². The van der Waals surface area contributed by atoms with Crippen LogP contribution in [0.15, 0.2) is 23.3 Å². The molecule has 1 aromatic rings. The molecule has 1 rings (SSSR count). The second kappa shape index (κ2) is 10.7. The van der Waals surface area contributed by atoms with Crippen LogP contribution in [0.2, 0.25) is 0 Å². The molecule has 0 aromatic carbocycles. The van der Waals surface area contributed by atoms with Gasteiger partial charge in [0.05, 0.1) is 5.56 Å². The molecule has 0 aliphatic heterocycles. The summed E-state index contributed by atoms with van der Waals surface area (Å²) in [5.41, 5.74) is 0.894. The smallest absolute Gasteiger partial charge is 0.373 e. The Morgan fingerprint density at radius 3 is 2.12 bits per heavy atom. The minimum Gasteiger partial charge on any atom is -0.373 e. The van der Waals surface area contributed by atoms with E-state index in [1.807, 2.05) is 6.92 Å². The van der Waals surface area contributed by atoms with E-state index in [1.165, 1.54) is 20.9 Å². The number of hydrogen-bond donors (Lipinski definition) is 1. The van der Waals surface area contributed by atoms with Crippen molar-refractivity contribution in [2.24, 2.45) is 0 Å². The molecule has 26 heavy (non-hydrogen) atoms. The third-order valence-electron chi connectivity index (χ3n) is 3.80. The molecule has 0 bridgehead atoms. The van der Waals surface area contributed by atoms with Gasteiger partial charge in [-0.1, -0.05) is 13.3 Å². The second-order valence-corrected chi connectivity index (χ2v) is 5.96. The van der Waals surface area contributed by atoms with Crippen LogP contribution in [0.5, 0.6) is 0 Å². The Balaban J connectivity index is 0.000000481. The van der Waals surface area contributed by atoms with E-state index in [4.69, 9.17) is 0 Å². The zero-order valence-corrected chi connectivity index (χ0v) is 16.2. The number of ketones is 2. The Bertz CT molecular complexity index is 665. The molecule has 146 valence electrons. The topological polar surface area (TPSA) is 59.1 Å². The van der Waals surface area contributed by atoms with Crippen LogP contribution < -0.4 is 5.32 Å². The van der Waals surface area contributed by atoms with E-state index in [0.29, 0.717) is 23.3 Å². The van der Waals surface area contributed by atoms with Gasteiger partial charge in [-0.3, -0.25) is 9.59 Å². The number of rotatable bonds is 6. The molecule has 0 spiro atoms. The molecule has 4 nitrogen and oxygen atoms in total. The summed E-state index contributed by atoms with van der Waals surface area (Å²) < 4.78 is 36.7. The number of allylic oxidation sites excluding steroid dienone is 2. The first-order valence-corrected chi connectivity index (χ1v) is 8.39. The van der Waals surface area contributed by atoms with E-state index < -0.39 is 11.7 Å². The van der Waals surface area contributed by atoms with Gasteiger partial charge in [-0.05, 0) is 57.4 Å². The maximum Gasteiger partial charge on any atom is 0.416 e. The van der Waals surface area contributed by atoms with Crippen LogP contribution in [0.3, 0.4) is 0 Å². The van der Waals surface area contributed by atoms with E-state index in [9.17, 15) is 22.8 Å². The number of anilines is 1. The fourth-order valence-electron chi connectivity index (χ4n) is 1.96. The van der Waals surface area contributed by atoms with Crippen molar-refractivity contribution in [2.45, 2.75) is 60.1 Å². The monoisotopic (exact) mass is 372 g/mol. The summed E-state index contributed by atoms with van der Waals surface area (Å²) in [5, 5.41) is 2.57. The molecule has 0 radical (unpaired) electrons. The zero-order chi connectivity index (χ0) is 20.5. The maximum absolute atomic E-state index is 12.2. The summed E-state index contributed by atoms with van der Waals surface area (Å²) in [4.78, 5) is 26.2. The lowest BCUT2D eigenvalue weighted by molar-refractivity contribution is -0.137. The molecule has 1 heterocycles. The number of nitrogens with one attached hydrogen (secondary N) is 1. The first-order valence-electron chi connectivity index (χ1n) is 8.39. The SMILES string of the molecule is CCCCC(=O)/C(C)=C(/C)C(C)=O.CNc1cc(C(F)(F)F)cc(C)n1. The quantitative estimate of drug-likeness (QED) is 0.704. The van der Waals surface area contributed by atoms with Crippen molar-refractivity contribution < 1.29 is 22.8 Å². The number of carbonyl (C=O) groups excluding carboxylic acids is 2. The number of carbonyl (C=O) groups is 2. The lowest BCUT2D eigenvalue weighted by atomic mass is 10.0. The van der Waals surface area contributed by atoms with E-state index >= 15 is 0 Å². The third-order valence-corrected chi connectivity index (χ3v) is 3.80. The van der Waals surface area contributed by atoms with Gasteiger partial charge < -0.3 is 5.32 Å². The standard InChI is InChI=1S/C11H18O2.C8H9F3N2/c1-5-6-7-11(13)9(3)8(2)10(4)12;1-5-3-6(8(9,10)11)4-7(12-2)13-5/h5-7H2,1-4H3;3-4H,1-2H3,(H,12,13)/b9-8-;. The highest BCUT2D eigenvalue weighted by Gasteiger charge is 2.31. The van der Waals surface area contributed by atoms with Gasteiger partial charge in [0, 0.05) is 19.2 Å². The Morgan fingerprint density at radius 1 is 1.12 bits per heavy atom. The fraction of sp³-hybridized carbons (Fsp3) is 0.526. The molecule has 0 aliphatic rings. The number of pyridine rings is 1. The molecule has 0 aliphatic carbocycles. The lowest BCUT2D eigenvalue weighted by Gasteiger charge is -2.09. The first-order chi connectivity index (χ1) is 11.9. The Morgan fingerprint density at radius 2 is 1.69 bits per heavy atom. The minimum absolute atomic E-state index is 0.0117. The third kappa shape index (κ3) is 8.27. The first kappa shape index (κ1) is 23.8. The van der Waals surface area contributed by atoms with Crippen molar-refractivity contribution >= 4 is 17.4 Å². The second-order valence-electron chi connectivity index (χ2n) is 5.96. The minimum atomic E-state index is -4.31. The Kier molecular flexibility index (Phi) is 9.83. The van der Waals surface area contributed by atoms with E-state index in [-0.39, 0.29) is 17.4 Å². The molecule has 1 N–H and O–H groups in total. The number of halogens is 3. The Labute approximate surface area is 152 Å². The van der Waals surface area contributed by atoms with Crippen LogP contribution >= 0.6 is 0 Å². The molecular weight excluding hydrogens is 345 g/mol. The molecule has 0 amide bonds. The molecule has 0 saturated heterocycles. The number of nitrogens with zero attached hydrogens (tertiary/aromatic N) is 1. The number of alkyl halides is 3. The van der Waals surface area contributed by atoms with Crippen LogP contribution in [0.4, 0.5) is 19.0 Å². The van der Waals surface area contributed by atoms with Gasteiger partial charge >= 0.3 is 6.18 Å². The number of aromatic nitrogens is 1. The van der Waals surface area contributed by atoms with E-state index in [1.54, 1.807) is 13.8 Å². The van der Waals surface area contributed by atoms with Crippen molar-refractivity contribution in [1.82, 2.24) is 4.98 Å². The van der Waals surface area contributed by atoms with Crippen LogP contribution in [0, 0.1) is 6.92 Å². The van der Waals surface area contributed by atoms with Crippen molar-refractivity contribution in [3.63, 3.8) is 0 Å². The molecule has 0 unspecified atom stereocenters. The highest BCUT2D eigenvalue weighted by Crippen LogP contribution is 2.30. The maximum atomic E-state index is 12.2. The van der Waals surface area contributed by atoms with Crippen molar-refractivity contribution in [2.75, 3.05) is 12.4 Å². The summed E-state index contributed by atoms with van der Waals surface area (Å²) >= 11 is 0. The lowest BCUT2D eigenvalue weighted by Crippen LogP contribution is -2.07. The summed E-state index contributed by atoms with van der Waals surface area (Å²) in [7, 11) is 1.53. The van der Waals surface area contributed by atoms with E-state index in [2.05, 4.69) is 10.3 Å². The van der Waals surface area contributed by atoms with Crippen molar-refractivity contribution in [3.05, 3.63) is 34.5 Å².